The summed E-state index contributed by atoms with van der Waals surface area (Å²) in [7, 11) is -4.21. The molecule has 2 aromatic carbocycles. The van der Waals surface area contributed by atoms with Crippen LogP contribution in [0.3, 0.4) is 0 Å². The predicted octanol–water partition coefficient (Wildman–Crippen LogP) is 3.21. The molecule has 9 heteroatoms. The van der Waals surface area contributed by atoms with E-state index in [-0.39, 0.29) is 16.6 Å². The van der Waals surface area contributed by atoms with Gasteiger partial charge in [0.2, 0.25) is 0 Å². The molecule has 2 aromatic rings. The second-order valence-electron chi connectivity index (χ2n) is 5.93. The minimum Gasteiger partial charge on any atom is -0.335 e. The lowest BCUT2D eigenvalue weighted by Crippen LogP contribution is -2.42. The lowest BCUT2D eigenvalue weighted by molar-refractivity contribution is 0.243. The van der Waals surface area contributed by atoms with Crippen molar-refractivity contribution in [2.45, 2.75) is 31.7 Å². The van der Waals surface area contributed by atoms with Crippen LogP contribution in [0.4, 0.5) is 16.2 Å². The highest BCUT2D eigenvalue weighted by molar-refractivity contribution is 7.90. The number of anilines is 2. The number of para-hydroxylation sites is 1. The second-order valence-corrected chi connectivity index (χ2v) is 7.58. The minimum atomic E-state index is -4.21. The fraction of sp³-hybridized carbons (Fsp3) is 0.235. The Hall–Kier alpha value is -2.94. The molecular weight excluding hydrogens is 356 g/mol. The highest BCUT2D eigenvalue weighted by atomic mass is 32.2. The molecule has 0 heterocycles. The van der Waals surface area contributed by atoms with E-state index < -0.39 is 16.1 Å². The van der Waals surface area contributed by atoms with Crippen molar-refractivity contribution in [1.29, 1.82) is 0 Å². The normalized spacial score (nSPS) is 11.1. The first-order valence-corrected chi connectivity index (χ1v) is 9.35. The van der Waals surface area contributed by atoms with E-state index in [4.69, 9.17) is 0 Å². The third-order valence-electron chi connectivity index (χ3n) is 3.36. The van der Waals surface area contributed by atoms with Gasteiger partial charge in [0.05, 0.1) is 16.7 Å². The number of hydrogen-bond donors (Lipinski definition) is 2. The largest absolute Gasteiger partial charge is 0.335 e. The zero-order valence-corrected chi connectivity index (χ0v) is 15.4. The summed E-state index contributed by atoms with van der Waals surface area (Å²) in [5, 5.41) is 6.38. The summed E-state index contributed by atoms with van der Waals surface area (Å²) in [6.07, 6.45) is 0. The van der Waals surface area contributed by atoms with E-state index in [1.54, 1.807) is 38.1 Å². The average molecular weight is 376 g/mol. The molecule has 138 valence electrons. The van der Waals surface area contributed by atoms with Crippen molar-refractivity contribution in [2.75, 3.05) is 5.01 Å². The third-order valence-corrected chi connectivity index (χ3v) is 4.74. The number of benzene rings is 2. The molecular formula is C17H20N4O4S. The van der Waals surface area contributed by atoms with Gasteiger partial charge in [0, 0.05) is 6.04 Å². The van der Waals surface area contributed by atoms with Gasteiger partial charge in [-0.05, 0) is 50.6 Å². The monoisotopic (exact) mass is 376 g/mol. The van der Waals surface area contributed by atoms with Crippen LogP contribution in [0.2, 0.25) is 0 Å². The summed E-state index contributed by atoms with van der Waals surface area (Å²) in [6, 6.07) is 11.6. The van der Waals surface area contributed by atoms with Crippen LogP contribution < -0.4 is 15.0 Å². The van der Waals surface area contributed by atoms with E-state index in [9.17, 15) is 18.1 Å². The van der Waals surface area contributed by atoms with Gasteiger partial charge in [-0.25, -0.2) is 17.9 Å². The number of aryl methyl sites for hydroxylation is 1. The Morgan fingerprint density at radius 2 is 1.81 bits per heavy atom. The first kappa shape index (κ1) is 19.4. The number of nitrogens with zero attached hydrogens (tertiary/aromatic N) is 2. The van der Waals surface area contributed by atoms with Crippen molar-refractivity contribution in [3.05, 3.63) is 59.0 Å². The van der Waals surface area contributed by atoms with Gasteiger partial charge in [0.25, 0.3) is 10.0 Å². The quantitative estimate of drug-likeness (QED) is 0.594. The summed E-state index contributed by atoms with van der Waals surface area (Å²) in [5.74, 6) is 0. The first-order valence-electron chi connectivity index (χ1n) is 7.87. The fourth-order valence-corrected chi connectivity index (χ4v) is 3.42. The Morgan fingerprint density at radius 1 is 1.12 bits per heavy atom. The molecule has 0 aliphatic rings. The van der Waals surface area contributed by atoms with Crippen LogP contribution in [-0.4, -0.2) is 20.5 Å². The Bertz CT molecular complexity index is 912. The predicted molar refractivity (Wildman–Crippen MR) is 99.5 cm³/mol. The van der Waals surface area contributed by atoms with Gasteiger partial charge >= 0.3 is 6.03 Å². The molecule has 0 aromatic heterocycles. The van der Waals surface area contributed by atoms with Crippen molar-refractivity contribution in [3.63, 3.8) is 0 Å². The maximum Gasteiger partial charge on any atom is 0.328 e. The molecule has 0 unspecified atom stereocenters. The Kier molecular flexibility index (Phi) is 5.93. The van der Waals surface area contributed by atoms with E-state index in [0.29, 0.717) is 5.69 Å². The highest BCUT2D eigenvalue weighted by Crippen LogP contribution is 2.32. The van der Waals surface area contributed by atoms with Gasteiger partial charge in [0.1, 0.15) is 4.90 Å². The van der Waals surface area contributed by atoms with Crippen molar-refractivity contribution >= 4 is 27.4 Å². The summed E-state index contributed by atoms with van der Waals surface area (Å²) < 4.78 is 27.2. The van der Waals surface area contributed by atoms with E-state index in [1.807, 2.05) is 17.7 Å². The maximum atomic E-state index is 12.6. The molecule has 2 rings (SSSR count). The van der Waals surface area contributed by atoms with Crippen molar-refractivity contribution in [3.8, 4) is 0 Å². The number of carbonyl (C=O) groups excluding carboxylic acids is 1. The number of urea groups is 1. The SMILES string of the molecule is Cc1cccc(N(N=O)c2ccccc2S(=O)(=O)NC(=O)NC(C)C)c1. The van der Waals surface area contributed by atoms with Crippen LogP contribution in [0, 0.1) is 11.8 Å². The number of amides is 2. The van der Waals surface area contributed by atoms with Gasteiger partial charge in [-0.3, -0.25) is 0 Å². The zero-order chi connectivity index (χ0) is 19.3. The zero-order valence-electron chi connectivity index (χ0n) is 14.6. The topological polar surface area (TPSA) is 108 Å². The van der Waals surface area contributed by atoms with Crippen molar-refractivity contribution in [1.82, 2.24) is 10.0 Å². The molecule has 0 aliphatic carbocycles. The van der Waals surface area contributed by atoms with Crippen LogP contribution in [0.1, 0.15) is 19.4 Å². The molecule has 8 nitrogen and oxygen atoms in total. The summed E-state index contributed by atoms with van der Waals surface area (Å²) in [6.45, 7) is 5.25. The van der Waals surface area contributed by atoms with Gasteiger partial charge in [-0.15, -0.1) is 4.91 Å². The van der Waals surface area contributed by atoms with Crippen LogP contribution in [-0.2, 0) is 10.0 Å². The lowest BCUT2D eigenvalue weighted by atomic mass is 10.2. The molecule has 0 saturated heterocycles. The smallest absolute Gasteiger partial charge is 0.328 e. The minimum absolute atomic E-state index is 0.0398. The maximum absolute atomic E-state index is 12.6. The Morgan fingerprint density at radius 3 is 2.42 bits per heavy atom. The molecule has 0 bridgehead atoms. The molecule has 2 N–H and O–H groups in total. The van der Waals surface area contributed by atoms with E-state index in [2.05, 4.69) is 10.6 Å². The average Bonchev–Trinajstić information content (AvgIpc) is 2.54. The van der Waals surface area contributed by atoms with Gasteiger partial charge in [-0.1, -0.05) is 24.3 Å². The molecule has 0 radical (unpaired) electrons. The third kappa shape index (κ3) is 4.57. The number of hydrogen-bond acceptors (Lipinski definition) is 5. The Labute approximate surface area is 152 Å². The van der Waals surface area contributed by atoms with Gasteiger partial charge < -0.3 is 5.32 Å². The van der Waals surface area contributed by atoms with Gasteiger partial charge in [-0.2, -0.15) is 5.01 Å². The number of rotatable bonds is 6. The van der Waals surface area contributed by atoms with E-state index >= 15 is 0 Å². The highest BCUT2D eigenvalue weighted by Gasteiger charge is 2.25. The molecule has 2 amide bonds. The molecule has 0 fully saturated rings. The van der Waals surface area contributed by atoms with Gasteiger partial charge in [0.15, 0.2) is 0 Å². The standard InChI is InChI=1S/C17H20N4O4S/c1-12(2)18-17(22)19-26(24,25)16-10-5-4-9-15(16)21(20-23)14-8-6-7-13(3)11-14/h4-12H,1-3H3,(H2,18,19,22). The van der Waals surface area contributed by atoms with Crippen LogP contribution in [0.5, 0.6) is 0 Å². The van der Waals surface area contributed by atoms with E-state index in [0.717, 1.165) is 10.6 Å². The molecule has 0 saturated carbocycles. The second kappa shape index (κ2) is 7.96. The van der Waals surface area contributed by atoms with Crippen LogP contribution >= 0.6 is 0 Å². The van der Waals surface area contributed by atoms with Crippen LogP contribution in [0.15, 0.2) is 58.7 Å². The van der Waals surface area contributed by atoms with Crippen molar-refractivity contribution < 1.29 is 13.2 Å². The van der Waals surface area contributed by atoms with Crippen LogP contribution in [0.25, 0.3) is 0 Å². The molecule has 26 heavy (non-hydrogen) atoms. The summed E-state index contributed by atoms with van der Waals surface area (Å²) in [5.41, 5.74) is 1.33. The molecule has 0 aliphatic heterocycles. The van der Waals surface area contributed by atoms with Crippen molar-refractivity contribution in [2.24, 2.45) is 5.29 Å². The number of nitrogens with one attached hydrogen (secondary N) is 2. The molecule has 0 atom stereocenters. The number of nitroso groups, excluding NO2 is 1. The van der Waals surface area contributed by atoms with E-state index in [1.165, 1.54) is 18.2 Å². The Balaban J connectivity index is 2.46. The summed E-state index contributed by atoms with van der Waals surface area (Å²) in [4.78, 5) is 23.0. The number of carbonyl (C=O) groups is 1. The number of sulfonamides is 1. The molecule has 0 spiro atoms. The lowest BCUT2D eigenvalue weighted by Gasteiger charge is -2.19. The fourth-order valence-electron chi connectivity index (χ4n) is 2.32. The summed E-state index contributed by atoms with van der Waals surface area (Å²) >= 11 is 0. The first-order chi connectivity index (χ1) is 12.2.